The van der Waals surface area contributed by atoms with E-state index in [1.54, 1.807) is 0 Å². The van der Waals surface area contributed by atoms with Gasteiger partial charge in [0, 0.05) is 17.8 Å². The number of nitrogens with zero attached hydrogens (tertiary/aromatic N) is 1. The molecule has 0 aliphatic rings. The number of aromatic nitrogens is 1. The predicted octanol–water partition coefficient (Wildman–Crippen LogP) is 3.73. The van der Waals surface area contributed by atoms with Crippen molar-refractivity contribution in [3.05, 3.63) is 29.6 Å². The highest BCUT2D eigenvalue weighted by Crippen LogP contribution is 2.13. The highest BCUT2D eigenvalue weighted by atomic mass is 35.5. The Morgan fingerprint density at radius 1 is 1.36 bits per heavy atom. The summed E-state index contributed by atoms with van der Waals surface area (Å²) in [6.07, 6.45) is 8.20. The predicted molar refractivity (Wildman–Crippen MR) is 61.8 cm³/mol. The summed E-state index contributed by atoms with van der Waals surface area (Å²) in [6, 6.07) is 2.18. The molecule has 1 aromatic rings. The summed E-state index contributed by atoms with van der Waals surface area (Å²) >= 11 is 6.15. The Labute approximate surface area is 91.5 Å². The van der Waals surface area contributed by atoms with Crippen molar-refractivity contribution < 1.29 is 0 Å². The minimum atomic E-state index is 0.320. The topological polar surface area (TPSA) is 12.9 Å². The molecule has 1 rings (SSSR count). The lowest BCUT2D eigenvalue weighted by molar-refractivity contribution is 0.674. The van der Waals surface area contributed by atoms with Crippen LogP contribution in [0.2, 0.25) is 0 Å². The normalized spacial score (nSPS) is 12.8. The maximum absolute atomic E-state index is 6.15. The highest BCUT2D eigenvalue weighted by molar-refractivity contribution is 6.20. The van der Waals surface area contributed by atoms with Crippen molar-refractivity contribution >= 4 is 11.6 Å². The average Bonchev–Trinajstić information content (AvgIpc) is 2.15. The third-order valence-electron chi connectivity index (χ3n) is 2.28. The average molecular weight is 212 g/mol. The van der Waals surface area contributed by atoms with E-state index >= 15 is 0 Å². The van der Waals surface area contributed by atoms with Gasteiger partial charge in [0.15, 0.2) is 0 Å². The van der Waals surface area contributed by atoms with Gasteiger partial charge < -0.3 is 0 Å². The summed E-state index contributed by atoms with van der Waals surface area (Å²) in [4.78, 5) is 4.17. The molecule has 0 aliphatic heterocycles. The lowest BCUT2D eigenvalue weighted by atomic mass is 10.1. The molecule has 1 aromatic heterocycles. The molecule has 0 bridgehead atoms. The van der Waals surface area contributed by atoms with Crippen LogP contribution in [0, 0.1) is 6.92 Å². The van der Waals surface area contributed by atoms with E-state index in [1.807, 2.05) is 12.4 Å². The summed E-state index contributed by atoms with van der Waals surface area (Å²) in [6.45, 7) is 4.24. The van der Waals surface area contributed by atoms with E-state index in [9.17, 15) is 0 Å². The summed E-state index contributed by atoms with van der Waals surface area (Å²) in [5.74, 6) is 0. The molecule has 0 saturated carbocycles. The van der Waals surface area contributed by atoms with Gasteiger partial charge in [-0.25, -0.2) is 0 Å². The number of hydrogen-bond donors (Lipinski definition) is 0. The van der Waals surface area contributed by atoms with Crippen LogP contribution in [0.5, 0.6) is 0 Å². The van der Waals surface area contributed by atoms with Crippen LogP contribution in [-0.4, -0.2) is 10.4 Å². The zero-order valence-corrected chi connectivity index (χ0v) is 9.72. The SMILES string of the molecule is CCCC(Cl)CCc1cncc(C)c1. The van der Waals surface area contributed by atoms with Crippen LogP contribution in [0.4, 0.5) is 0 Å². The van der Waals surface area contributed by atoms with Crippen molar-refractivity contribution in [1.82, 2.24) is 4.98 Å². The van der Waals surface area contributed by atoms with Crippen LogP contribution in [-0.2, 0) is 6.42 Å². The molecule has 0 fully saturated rings. The number of pyridine rings is 1. The van der Waals surface area contributed by atoms with Crippen LogP contribution < -0.4 is 0 Å². The first-order valence-corrected chi connectivity index (χ1v) is 5.70. The van der Waals surface area contributed by atoms with Gasteiger partial charge in [-0.15, -0.1) is 11.6 Å². The Bertz CT molecular complexity index is 273. The number of rotatable bonds is 5. The fourth-order valence-electron chi connectivity index (χ4n) is 1.54. The maximum atomic E-state index is 6.15. The van der Waals surface area contributed by atoms with E-state index < -0.39 is 0 Å². The third kappa shape index (κ3) is 4.10. The number of alkyl halides is 1. The van der Waals surface area contributed by atoms with Crippen LogP contribution in [0.15, 0.2) is 18.5 Å². The Kier molecular flexibility index (Phi) is 4.95. The van der Waals surface area contributed by atoms with Gasteiger partial charge in [0.25, 0.3) is 0 Å². The van der Waals surface area contributed by atoms with E-state index in [4.69, 9.17) is 11.6 Å². The molecule has 0 spiro atoms. The molecule has 0 saturated heterocycles. The van der Waals surface area contributed by atoms with Crippen LogP contribution in [0.1, 0.15) is 37.3 Å². The standard InChI is InChI=1S/C12H18ClN/c1-3-4-12(13)6-5-11-7-10(2)8-14-9-11/h7-9,12H,3-6H2,1-2H3. The Hall–Kier alpha value is -0.560. The monoisotopic (exact) mass is 211 g/mol. The molecule has 0 amide bonds. The number of hydrogen-bond acceptors (Lipinski definition) is 1. The Morgan fingerprint density at radius 3 is 2.79 bits per heavy atom. The van der Waals surface area contributed by atoms with Gasteiger partial charge in [0.05, 0.1) is 0 Å². The molecule has 1 atom stereocenters. The molecule has 1 unspecified atom stereocenters. The lowest BCUT2D eigenvalue weighted by Gasteiger charge is -2.07. The number of aryl methyl sites for hydroxylation is 2. The maximum Gasteiger partial charge on any atom is 0.0339 e. The second-order valence-electron chi connectivity index (χ2n) is 3.80. The highest BCUT2D eigenvalue weighted by Gasteiger charge is 2.03. The van der Waals surface area contributed by atoms with Crippen molar-refractivity contribution in [2.75, 3.05) is 0 Å². The molecule has 14 heavy (non-hydrogen) atoms. The fraction of sp³-hybridized carbons (Fsp3) is 0.583. The minimum Gasteiger partial charge on any atom is -0.264 e. The van der Waals surface area contributed by atoms with Gasteiger partial charge in [-0.3, -0.25) is 4.98 Å². The number of halogens is 1. The zero-order valence-electron chi connectivity index (χ0n) is 8.96. The summed E-state index contributed by atoms with van der Waals surface area (Å²) < 4.78 is 0. The molecule has 2 heteroatoms. The second kappa shape index (κ2) is 6.02. The van der Waals surface area contributed by atoms with Crippen molar-refractivity contribution in [2.45, 2.75) is 44.9 Å². The minimum absolute atomic E-state index is 0.320. The van der Waals surface area contributed by atoms with Gasteiger partial charge in [-0.1, -0.05) is 19.4 Å². The first-order valence-electron chi connectivity index (χ1n) is 5.27. The van der Waals surface area contributed by atoms with E-state index in [0.29, 0.717) is 5.38 Å². The molecule has 78 valence electrons. The van der Waals surface area contributed by atoms with E-state index in [0.717, 1.165) is 19.3 Å². The molecular formula is C12H18ClN. The van der Waals surface area contributed by atoms with Crippen molar-refractivity contribution in [3.8, 4) is 0 Å². The summed E-state index contributed by atoms with van der Waals surface area (Å²) in [5.41, 5.74) is 2.52. The molecule has 1 heterocycles. The van der Waals surface area contributed by atoms with Crippen molar-refractivity contribution in [1.29, 1.82) is 0 Å². The van der Waals surface area contributed by atoms with Crippen LogP contribution in [0.25, 0.3) is 0 Å². The van der Waals surface area contributed by atoms with E-state index in [1.165, 1.54) is 17.5 Å². The Balaban J connectivity index is 2.37. The molecular weight excluding hydrogens is 194 g/mol. The fourth-order valence-corrected chi connectivity index (χ4v) is 1.86. The van der Waals surface area contributed by atoms with Gasteiger partial charge in [0.2, 0.25) is 0 Å². The Morgan fingerprint density at radius 2 is 2.14 bits per heavy atom. The molecule has 1 nitrogen and oxygen atoms in total. The van der Waals surface area contributed by atoms with E-state index in [2.05, 4.69) is 24.9 Å². The van der Waals surface area contributed by atoms with Gasteiger partial charge in [0.1, 0.15) is 0 Å². The van der Waals surface area contributed by atoms with Crippen LogP contribution >= 0.6 is 11.6 Å². The molecule has 0 N–H and O–H groups in total. The smallest absolute Gasteiger partial charge is 0.0339 e. The lowest BCUT2D eigenvalue weighted by Crippen LogP contribution is -2.00. The summed E-state index contributed by atoms with van der Waals surface area (Å²) in [5, 5.41) is 0.320. The molecule has 0 aliphatic carbocycles. The van der Waals surface area contributed by atoms with Gasteiger partial charge in [-0.2, -0.15) is 0 Å². The van der Waals surface area contributed by atoms with Crippen molar-refractivity contribution in [3.63, 3.8) is 0 Å². The van der Waals surface area contributed by atoms with E-state index in [-0.39, 0.29) is 0 Å². The van der Waals surface area contributed by atoms with Gasteiger partial charge in [-0.05, 0) is 37.3 Å². The molecule has 0 radical (unpaired) electrons. The van der Waals surface area contributed by atoms with Crippen LogP contribution in [0.3, 0.4) is 0 Å². The zero-order chi connectivity index (χ0) is 10.4. The quantitative estimate of drug-likeness (QED) is 0.677. The first kappa shape index (κ1) is 11.5. The van der Waals surface area contributed by atoms with Gasteiger partial charge >= 0.3 is 0 Å². The molecule has 0 aromatic carbocycles. The first-order chi connectivity index (χ1) is 6.72. The summed E-state index contributed by atoms with van der Waals surface area (Å²) in [7, 11) is 0. The second-order valence-corrected chi connectivity index (χ2v) is 4.41. The largest absolute Gasteiger partial charge is 0.264 e. The third-order valence-corrected chi connectivity index (χ3v) is 2.72. The van der Waals surface area contributed by atoms with Crippen molar-refractivity contribution in [2.24, 2.45) is 0 Å².